The van der Waals surface area contributed by atoms with Crippen molar-refractivity contribution in [1.82, 2.24) is 19.7 Å². The summed E-state index contributed by atoms with van der Waals surface area (Å²) in [5.74, 6) is 0.0329. The van der Waals surface area contributed by atoms with Crippen LogP contribution in [0.4, 0.5) is 0 Å². The van der Waals surface area contributed by atoms with Gasteiger partial charge in [0, 0.05) is 43.0 Å². The molecule has 180 valence electrons. The quantitative estimate of drug-likeness (QED) is 0.301. The summed E-state index contributed by atoms with van der Waals surface area (Å²) in [5.41, 5.74) is 9.70. The highest BCUT2D eigenvalue weighted by atomic mass is 16.1. The fourth-order valence-corrected chi connectivity index (χ4v) is 4.56. The lowest BCUT2D eigenvalue weighted by Gasteiger charge is -2.10. The number of amides is 1. The van der Waals surface area contributed by atoms with Crippen LogP contribution in [-0.2, 0) is 17.6 Å². The van der Waals surface area contributed by atoms with Gasteiger partial charge in [0.25, 0.3) is 0 Å². The van der Waals surface area contributed by atoms with Gasteiger partial charge in [0.2, 0.25) is 5.91 Å². The number of imidazole rings is 1. The number of aromatic nitrogens is 3. The van der Waals surface area contributed by atoms with Crippen molar-refractivity contribution in [3.05, 3.63) is 114 Å². The molecule has 0 spiro atoms. The number of rotatable bonds is 8. The van der Waals surface area contributed by atoms with Crippen molar-refractivity contribution in [2.24, 2.45) is 0 Å². The minimum atomic E-state index is 0.0329. The van der Waals surface area contributed by atoms with E-state index < -0.39 is 0 Å². The molecule has 0 saturated heterocycles. The Balaban J connectivity index is 1.42. The Hall–Kier alpha value is -4.25. The summed E-state index contributed by atoms with van der Waals surface area (Å²) in [6.45, 7) is 4.83. The second-order valence-electron chi connectivity index (χ2n) is 9.16. The van der Waals surface area contributed by atoms with E-state index in [1.54, 1.807) is 6.20 Å². The number of fused-ring (bicyclic) bond motifs is 1. The van der Waals surface area contributed by atoms with Crippen molar-refractivity contribution in [2.45, 2.75) is 33.1 Å². The van der Waals surface area contributed by atoms with E-state index in [4.69, 9.17) is 4.98 Å². The average molecular weight is 475 g/mol. The molecule has 0 radical (unpaired) electrons. The standard InChI is InChI=1S/C31H30N4O/c1-22-11-12-23(2)27(20-22)25-13-15-29-34-31(24-8-4-3-5-9-24)28(35(29)21-25)14-16-30(36)33-19-17-26-10-6-7-18-32-26/h3-13,15,18,20-21H,14,16-17,19H2,1-2H3,(H,33,36). The highest BCUT2D eigenvalue weighted by molar-refractivity contribution is 5.77. The molecule has 0 atom stereocenters. The summed E-state index contributed by atoms with van der Waals surface area (Å²) in [6.07, 6.45) is 5.64. The van der Waals surface area contributed by atoms with Crippen LogP contribution < -0.4 is 5.32 Å². The van der Waals surface area contributed by atoms with Crippen LogP contribution in [0, 0.1) is 13.8 Å². The summed E-state index contributed by atoms with van der Waals surface area (Å²) in [7, 11) is 0. The van der Waals surface area contributed by atoms with E-state index in [1.165, 1.54) is 16.7 Å². The second kappa shape index (κ2) is 10.6. The topological polar surface area (TPSA) is 59.3 Å². The number of carbonyl (C=O) groups is 1. The van der Waals surface area contributed by atoms with Gasteiger partial charge in [0.15, 0.2) is 0 Å². The Morgan fingerprint density at radius 2 is 1.72 bits per heavy atom. The molecule has 5 nitrogen and oxygen atoms in total. The summed E-state index contributed by atoms with van der Waals surface area (Å²) >= 11 is 0. The van der Waals surface area contributed by atoms with Crippen LogP contribution >= 0.6 is 0 Å². The molecule has 0 bridgehead atoms. The zero-order valence-electron chi connectivity index (χ0n) is 20.7. The van der Waals surface area contributed by atoms with Crippen LogP contribution in [0.15, 0.2) is 91.3 Å². The number of hydrogen-bond donors (Lipinski definition) is 1. The lowest BCUT2D eigenvalue weighted by atomic mass is 10.00. The fraction of sp³-hybridized carbons (Fsp3) is 0.194. The number of hydrogen-bond acceptors (Lipinski definition) is 3. The first-order valence-corrected chi connectivity index (χ1v) is 12.4. The minimum Gasteiger partial charge on any atom is -0.356 e. The third-order valence-electron chi connectivity index (χ3n) is 6.49. The maximum atomic E-state index is 12.7. The molecule has 0 unspecified atom stereocenters. The van der Waals surface area contributed by atoms with Gasteiger partial charge >= 0.3 is 0 Å². The lowest BCUT2D eigenvalue weighted by Crippen LogP contribution is -2.26. The summed E-state index contributed by atoms with van der Waals surface area (Å²) in [6, 6.07) is 26.8. The summed E-state index contributed by atoms with van der Waals surface area (Å²) in [4.78, 5) is 22.0. The molecule has 5 aromatic rings. The van der Waals surface area contributed by atoms with Gasteiger partial charge in [-0.05, 0) is 61.2 Å². The fourth-order valence-electron chi connectivity index (χ4n) is 4.56. The van der Waals surface area contributed by atoms with Crippen molar-refractivity contribution >= 4 is 11.6 Å². The van der Waals surface area contributed by atoms with E-state index >= 15 is 0 Å². The van der Waals surface area contributed by atoms with Crippen LogP contribution in [-0.4, -0.2) is 26.8 Å². The number of nitrogens with zero attached hydrogens (tertiary/aromatic N) is 3. The number of benzene rings is 2. The smallest absolute Gasteiger partial charge is 0.220 e. The SMILES string of the molecule is Cc1ccc(C)c(-c2ccc3nc(-c4ccccc4)c(CCC(=O)NCCc4ccccn4)n3c2)c1. The van der Waals surface area contributed by atoms with E-state index in [0.29, 0.717) is 19.4 Å². The molecular weight excluding hydrogens is 444 g/mol. The Labute approximate surface area is 211 Å². The molecule has 0 aliphatic heterocycles. The summed E-state index contributed by atoms with van der Waals surface area (Å²) in [5, 5.41) is 3.04. The molecule has 0 aliphatic carbocycles. The zero-order chi connectivity index (χ0) is 24.9. The Bertz CT molecular complexity index is 1490. The van der Waals surface area contributed by atoms with Crippen LogP contribution in [0.5, 0.6) is 0 Å². The van der Waals surface area contributed by atoms with Gasteiger partial charge in [-0.2, -0.15) is 0 Å². The van der Waals surface area contributed by atoms with Gasteiger partial charge in [-0.1, -0.05) is 60.2 Å². The van der Waals surface area contributed by atoms with Crippen LogP contribution in [0.3, 0.4) is 0 Å². The van der Waals surface area contributed by atoms with E-state index in [2.05, 4.69) is 77.2 Å². The predicted molar refractivity (Wildman–Crippen MR) is 145 cm³/mol. The first-order chi connectivity index (χ1) is 17.6. The van der Waals surface area contributed by atoms with Crippen molar-refractivity contribution < 1.29 is 4.79 Å². The number of aryl methyl sites for hydroxylation is 3. The molecule has 5 heteroatoms. The Morgan fingerprint density at radius 3 is 2.53 bits per heavy atom. The van der Waals surface area contributed by atoms with E-state index in [-0.39, 0.29) is 5.91 Å². The molecule has 36 heavy (non-hydrogen) atoms. The molecule has 3 heterocycles. The van der Waals surface area contributed by atoms with Crippen LogP contribution in [0.2, 0.25) is 0 Å². The van der Waals surface area contributed by atoms with Gasteiger partial charge < -0.3 is 9.72 Å². The number of carbonyl (C=O) groups excluding carboxylic acids is 1. The molecule has 1 N–H and O–H groups in total. The van der Waals surface area contributed by atoms with Crippen molar-refractivity contribution in [1.29, 1.82) is 0 Å². The van der Waals surface area contributed by atoms with Gasteiger partial charge in [0.05, 0.1) is 11.4 Å². The van der Waals surface area contributed by atoms with Gasteiger partial charge in [-0.25, -0.2) is 4.98 Å². The van der Waals surface area contributed by atoms with Crippen LogP contribution in [0.1, 0.15) is 28.9 Å². The maximum Gasteiger partial charge on any atom is 0.220 e. The zero-order valence-corrected chi connectivity index (χ0v) is 20.7. The van der Waals surface area contributed by atoms with Gasteiger partial charge in [-0.15, -0.1) is 0 Å². The number of pyridine rings is 2. The Kier molecular flexibility index (Phi) is 6.89. The number of nitrogens with one attached hydrogen (secondary N) is 1. The van der Waals surface area contributed by atoms with Crippen molar-refractivity contribution in [3.63, 3.8) is 0 Å². The first-order valence-electron chi connectivity index (χ1n) is 12.4. The van der Waals surface area contributed by atoms with Crippen molar-refractivity contribution in [2.75, 3.05) is 6.54 Å². The largest absolute Gasteiger partial charge is 0.356 e. The molecule has 0 aliphatic rings. The van der Waals surface area contributed by atoms with Gasteiger partial charge in [-0.3, -0.25) is 9.78 Å². The maximum absolute atomic E-state index is 12.7. The second-order valence-corrected chi connectivity index (χ2v) is 9.16. The normalized spacial score (nSPS) is 11.1. The average Bonchev–Trinajstić information content (AvgIpc) is 3.28. The lowest BCUT2D eigenvalue weighted by molar-refractivity contribution is -0.121. The molecule has 0 fully saturated rings. The van der Waals surface area contributed by atoms with Gasteiger partial charge in [0.1, 0.15) is 5.65 Å². The highest BCUT2D eigenvalue weighted by Crippen LogP contribution is 2.29. The molecule has 1 amide bonds. The minimum absolute atomic E-state index is 0.0329. The Morgan fingerprint density at radius 1 is 0.889 bits per heavy atom. The monoisotopic (exact) mass is 474 g/mol. The molecule has 3 aromatic heterocycles. The molecule has 0 saturated carbocycles. The van der Waals surface area contributed by atoms with Crippen molar-refractivity contribution in [3.8, 4) is 22.4 Å². The molecule has 5 rings (SSSR count). The predicted octanol–water partition coefficient (Wildman–Crippen LogP) is 5.97. The summed E-state index contributed by atoms with van der Waals surface area (Å²) < 4.78 is 2.15. The van der Waals surface area contributed by atoms with E-state index in [9.17, 15) is 4.79 Å². The van der Waals surface area contributed by atoms with E-state index in [0.717, 1.165) is 40.3 Å². The third kappa shape index (κ3) is 5.20. The first kappa shape index (κ1) is 23.5. The third-order valence-corrected chi connectivity index (χ3v) is 6.49. The molecule has 2 aromatic carbocycles. The van der Waals surface area contributed by atoms with E-state index in [1.807, 2.05) is 36.4 Å². The van der Waals surface area contributed by atoms with Crippen LogP contribution in [0.25, 0.3) is 28.0 Å². The highest BCUT2D eigenvalue weighted by Gasteiger charge is 2.16. The molecular formula is C31H30N4O.